The lowest BCUT2D eigenvalue weighted by Crippen LogP contribution is -2.15. The molecule has 1 aliphatic heterocycles. The van der Waals surface area contributed by atoms with Crippen LogP contribution in [-0.2, 0) is 0 Å². The molecule has 1 atom stereocenters. The van der Waals surface area contributed by atoms with E-state index in [0.717, 1.165) is 16.4 Å². The lowest BCUT2D eigenvalue weighted by Gasteiger charge is -2.19. The first-order valence-corrected chi connectivity index (χ1v) is 8.25. The first-order chi connectivity index (χ1) is 10.6. The fraction of sp³-hybridized carbons (Fsp3) is 0.235. The molecule has 3 nitrogen and oxygen atoms in total. The van der Waals surface area contributed by atoms with Gasteiger partial charge < -0.3 is 9.47 Å². The Kier molecular flexibility index (Phi) is 4.60. The molecule has 22 heavy (non-hydrogen) atoms. The highest BCUT2D eigenvalue weighted by Gasteiger charge is 2.18. The summed E-state index contributed by atoms with van der Waals surface area (Å²) in [6.45, 7) is 3.03. The second-order valence-electron chi connectivity index (χ2n) is 4.94. The maximum Gasteiger partial charge on any atom is 0.175 e. The van der Waals surface area contributed by atoms with Crippen LogP contribution < -0.4 is 9.47 Å². The Bertz CT molecular complexity index is 685. The molecular weight excluding hydrogens is 320 g/mol. The quantitative estimate of drug-likeness (QED) is 0.610. The maximum atomic E-state index is 12.4. The molecule has 1 aliphatic rings. The number of hydrogen-bond donors (Lipinski definition) is 0. The van der Waals surface area contributed by atoms with Crippen LogP contribution in [0.3, 0.4) is 0 Å². The van der Waals surface area contributed by atoms with Gasteiger partial charge in [0.1, 0.15) is 13.2 Å². The summed E-state index contributed by atoms with van der Waals surface area (Å²) in [6, 6.07) is 12.7. The van der Waals surface area contributed by atoms with Gasteiger partial charge in [0.25, 0.3) is 0 Å². The molecule has 0 unspecified atom stereocenters. The lowest BCUT2D eigenvalue weighted by atomic mass is 10.1. The van der Waals surface area contributed by atoms with Crippen LogP contribution in [0.1, 0.15) is 17.3 Å². The molecule has 0 N–H and O–H groups in total. The Hall–Kier alpha value is -1.65. The normalized spacial score (nSPS) is 14.5. The van der Waals surface area contributed by atoms with Crippen LogP contribution >= 0.6 is 23.4 Å². The number of halogens is 1. The van der Waals surface area contributed by atoms with Gasteiger partial charge in [-0.2, -0.15) is 0 Å². The molecular formula is C17H15ClO3S. The number of carbonyl (C=O) groups is 1. The minimum absolute atomic E-state index is 0.0801. The molecule has 0 aliphatic carbocycles. The monoisotopic (exact) mass is 334 g/mol. The molecule has 1 heterocycles. The number of Topliss-reactive ketones (excluding diaryl/α,β-unsaturated/α-hetero) is 1. The largest absolute Gasteiger partial charge is 0.486 e. The van der Waals surface area contributed by atoms with Gasteiger partial charge in [-0.25, -0.2) is 0 Å². The van der Waals surface area contributed by atoms with Gasteiger partial charge in [-0.3, -0.25) is 4.79 Å². The summed E-state index contributed by atoms with van der Waals surface area (Å²) in [5, 5.41) is 0.437. The van der Waals surface area contributed by atoms with Gasteiger partial charge in [0, 0.05) is 15.5 Å². The van der Waals surface area contributed by atoms with Crippen molar-refractivity contribution in [3.63, 3.8) is 0 Å². The van der Waals surface area contributed by atoms with Gasteiger partial charge in [0.2, 0.25) is 0 Å². The van der Waals surface area contributed by atoms with Gasteiger partial charge in [-0.05, 0) is 49.4 Å². The highest BCUT2D eigenvalue weighted by atomic mass is 35.5. The molecule has 3 rings (SSSR count). The van der Waals surface area contributed by atoms with E-state index >= 15 is 0 Å². The van der Waals surface area contributed by atoms with E-state index in [4.69, 9.17) is 21.1 Å². The molecule has 0 aromatic heterocycles. The number of hydrogen-bond acceptors (Lipinski definition) is 4. The van der Waals surface area contributed by atoms with Crippen molar-refractivity contribution in [3.05, 3.63) is 53.1 Å². The lowest BCUT2D eigenvalue weighted by molar-refractivity contribution is 0.0994. The predicted octanol–water partition coefficient (Wildman–Crippen LogP) is 4.47. The van der Waals surface area contributed by atoms with Gasteiger partial charge in [-0.1, -0.05) is 11.6 Å². The number of ketones is 1. The molecule has 2 aromatic rings. The van der Waals surface area contributed by atoms with Crippen molar-refractivity contribution in [2.24, 2.45) is 0 Å². The van der Waals surface area contributed by atoms with Crippen LogP contribution in [0.4, 0.5) is 0 Å². The molecule has 0 amide bonds. The molecule has 5 heteroatoms. The molecule has 114 valence electrons. The number of benzene rings is 2. The number of carbonyl (C=O) groups excluding carboxylic acids is 1. The average molecular weight is 335 g/mol. The number of fused-ring (bicyclic) bond motifs is 1. The fourth-order valence-corrected chi connectivity index (χ4v) is 3.30. The minimum atomic E-state index is -0.191. The Labute approximate surface area is 138 Å². The molecule has 2 aromatic carbocycles. The summed E-state index contributed by atoms with van der Waals surface area (Å²) >= 11 is 7.36. The van der Waals surface area contributed by atoms with Crippen LogP contribution in [0, 0.1) is 0 Å². The molecule has 0 spiro atoms. The smallest absolute Gasteiger partial charge is 0.175 e. The second kappa shape index (κ2) is 6.63. The average Bonchev–Trinajstić information content (AvgIpc) is 2.55. The molecule has 0 radical (unpaired) electrons. The van der Waals surface area contributed by atoms with E-state index in [2.05, 4.69) is 0 Å². The second-order valence-corrected chi connectivity index (χ2v) is 6.79. The Morgan fingerprint density at radius 2 is 1.77 bits per heavy atom. The van der Waals surface area contributed by atoms with E-state index in [1.165, 1.54) is 11.8 Å². The third-order valence-corrected chi connectivity index (χ3v) is 4.67. The van der Waals surface area contributed by atoms with E-state index < -0.39 is 0 Å². The van der Waals surface area contributed by atoms with Crippen molar-refractivity contribution in [1.29, 1.82) is 0 Å². The molecule has 0 saturated heterocycles. The molecule has 0 saturated carbocycles. The maximum absolute atomic E-state index is 12.4. The third kappa shape index (κ3) is 3.39. The van der Waals surface area contributed by atoms with E-state index in [1.54, 1.807) is 24.3 Å². The Morgan fingerprint density at radius 3 is 2.50 bits per heavy atom. The zero-order valence-electron chi connectivity index (χ0n) is 12.0. The van der Waals surface area contributed by atoms with Crippen LogP contribution in [0.5, 0.6) is 11.5 Å². The first-order valence-electron chi connectivity index (χ1n) is 6.99. The van der Waals surface area contributed by atoms with Crippen molar-refractivity contribution in [3.8, 4) is 11.5 Å². The van der Waals surface area contributed by atoms with E-state index in [1.807, 2.05) is 25.1 Å². The summed E-state index contributed by atoms with van der Waals surface area (Å²) in [6.07, 6.45) is 0. The summed E-state index contributed by atoms with van der Waals surface area (Å²) in [5.41, 5.74) is 0.668. The standard InChI is InChI=1S/C17H15ClO3S/c1-11(17(19)12-2-4-13(18)5-3-12)22-14-6-7-15-16(10-14)21-9-8-20-15/h2-7,10-11H,8-9H2,1H3/t11-/m1/s1. The zero-order valence-corrected chi connectivity index (χ0v) is 13.6. The molecule has 0 fully saturated rings. The minimum Gasteiger partial charge on any atom is -0.486 e. The van der Waals surface area contributed by atoms with Crippen LogP contribution in [0.2, 0.25) is 5.02 Å². The van der Waals surface area contributed by atoms with E-state index in [-0.39, 0.29) is 11.0 Å². The topological polar surface area (TPSA) is 35.5 Å². The number of ether oxygens (including phenoxy) is 2. The van der Waals surface area contributed by atoms with E-state index in [0.29, 0.717) is 23.8 Å². The Morgan fingerprint density at radius 1 is 1.09 bits per heavy atom. The van der Waals surface area contributed by atoms with Crippen LogP contribution in [0.15, 0.2) is 47.4 Å². The SMILES string of the molecule is C[C@@H](Sc1ccc2c(c1)OCCO2)C(=O)c1ccc(Cl)cc1. The van der Waals surface area contributed by atoms with Crippen molar-refractivity contribution >= 4 is 29.1 Å². The first kappa shape index (κ1) is 15.3. The fourth-order valence-electron chi connectivity index (χ4n) is 2.20. The summed E-state index contributed by atoms with van der Waals surface area (Å²) in [7, 11) is 0. The van der Waals surface area contributed by atoms with Crippen molar-refractivity contribution in [2.45, 2.75) is 17.1 Å². The highest BCUT2D eigenvalue weighted by molar-refractivity contribution is 8.00. The van der Waals surface area contributed by atoms with Crippen molar-refractivity contribution in [2.75, 3.05) is 13.2 Å². The summed E-state index contributed by atoms with van der Waals surface area (Å²) in [5.74, 6) is 1.58. The van der Waals surface area contributed by atoms with Gasteiger partial charge in [0.05, 0.1) is 5.25 Å². The van der Waals surface area contributed by atoms with Crippen molar-refractivity contribution in [1.82, 2.24) is 0 Å². The summed E-state index contributed by atoms with van der Waals surface area (Å²) in [4.78, 5) is 13.4. The van der Waals surface area contributed by atoms with Gasteiger partial charge in [-0.15, -0.1) is 11.8 Å². The Balaban J connectivity index is 1.72. The summed E-state index contributed by atoms with van der Waals surface area (Å²) < 4.78 is 11.1. The van der Waals surface area contributed by atoms with Gasteiger partial charge in [0.15, 0.2) is 17.3 Å². The highest BCUT2D eigenvalue weighted by Crippen LogP contribution is 2.36. The van der Waals surface area contributed by atoms with Crippen molar-refractivity contribution < 1.29 is 14.3 Å². The van der Waals surface area contributed by atoms with Gasteiger partial charge >= 0.3 is 0 Å². The van der Waals surface area contributed by atoms with E-state index in [9.17, 15) is 4.79 Å². The third-order valence-electron chi connectivity index (χ3n) is 3.32. The zero-order chi connectivity index (χ0) is 15.5. The van der Waals surface area contributed by atoms with Crippen LogP contribution in [-0.4, -0.2) is 24.2 Å². The predicted molar refractivity (Wildman–Crippen MR) is 88.5 cm³/mol. The number of rotatable bonds is 4. The van der Waals surface area contributed by atoms with Crippen LogP contribution in [0.25, 0.3) is 0 Å². The molecule has 0 bridgehead atoms. The number of thioether (sulfide) groups is 1.